The largest absolute Gasteiger partial charge is 0.361 e. The van der Waals surface area contributed by atoms with Crippen molar-refractivity contribution in [3.8, 4) is 0 Å². The Balaban J connectivity index is 1.84. The molecule has 3 rings (SSSR count). The van der Waals surface area contributed by atoms with E-state index in [9.17, 15) is 4.79 Å². The molecule has 28 heavy (non-hydrogen) atoms. The van der Waals surface area contributed by atoms with Gasteiger partial charge < -0.3 is 9.84 Å². The first-order valence-electron chi connectivity index (χ1n) is 9.21. The number of hydrogen-bond donors (Lipinski definition) is 1. The lowest BCUT2D eigenvalue weighted by molar-refractivity contribution is 0.0929. The first-order valence-corrected chi connectivity index (χ1v) is 9.59. The highest BCUT2D eigenvalue weighted by molar-refractivity contribution is 6.31. The summed E-state index contributed by atoms with van der Waals surface area (Å²) in [6, 6.07) is 6.04. The number of benzene rings is 1. The number of rotatable bonds is 5. The summed E-state index contributed by atoms with van der Waals surface area (Å²) < 4.78 is 7.07. The van der Waals surface area contributed by atoms with Gasteiger partial charge >= 0.3 is 0 Å². The van der Waals surface area contributed by atoms with E-state index in [0.717, 1.165) is 22.5 Å². The highest BCUT2D eigenvalue weighted by atomic mass is 35.5. The summed E-state index contributed by atoms with van der Waals surface area (Å²) in [7, 11) is 0. The third-order valence-electron chi connectivity index (χ3n) is 5.04. The summed E-state index contributed by atoms with van der Waals surface area (Å²) in [5.41, 5.74) is 5.98. The standard InChI is InChI=1S/C21H25ClN4O2/c1-11-7-8-17(12(2)9-11)13(3)23-21(27)20-18(16(6)28-25-20)10-26-15(5)19(22)14(4)24-26/h7-9,13H,10H2,1-6H3,(H,23,27). The number of nitrogens with zero attached hydrogens (tertiary/aromatic N) is 3. The van der Waals surface area contributed by atoms with Crippen LogP contribution in [0.1, 0.15) is 62.9 Å². The number of aryl methyl sites for hydroxylation is 4. The van der Waals surface area contributed by atoms with E-state index in [-0.39, 0.29) is 17.6 Å². The molecule has 6 nitrogen and oxygen atoms in total. The SMILES string of the molecule is Cc1ccc(C(C)NC(=O)c2noc(C)c2Cn2nc(C)c(Cl)c2C)c(C)c1. The van der Waals surface area contributed by atoms with Crippen molar-refractivity contribution in [1.29, 1.82) is 0 Å². The van der Waals surface area contributed by atoms with Crippen molar-refractivity contribution in [2.24, 2.45) is 0 Å². The molecule has 0 radical (unpaired) electrons. The quantitative estimate of drug-likeness (QED) is 0.678. The summed E-state index contributed by atoms with van der Waals surface area (Å²) in [6.07, 6.45) is 0. The minimum absolute atomic E-state index is 0.152. The summed E-state index contributed by atoms with van der Waals surface area (Å²) in [4.78, 5) is 12.9. The average Bonchev–Trinajstić information content (AvgIpc) is 3.10. The lowest BCUT2D eigenvalue weighted by Crippen LogP contribution is -2.28. The number of nitrogens with one attached hydrogen (secondary N) is 1. The highest BCUT2D eigenvalue weighted by Gasteiger charge is 2.23. The van der Waals surface area contributed by atoms with Crippen molar-refractivity contribution in [3.63, 3.8) is 0 Å². The predicted molar refractivity (Wildman–Crippen MR) is 109 cm³/mol. The zero-order valence-electron chi connectivity index (χ0n) is 17.1. The van der Waals surface area contributed by atoms with E-state index < -0.39 is 0 Å². The van der Waals surface area contributed by atoms with Crippen LogP contribution in [0, 0.1) is 34.6 Å². The van der Waals surface area contributed by atoms with Crippen molar-refractivity contribution in [1.82, 2.24) is 20.3 Å². The number of carbonyl (C=O) groups is 1. The Kier molecular flexibility index (Phi) is 5.61. The molecule has 0 fully saturated rings. The lowest BCUT2D eigenvalue weighted by atomic mass is 10.00. The molecule has 0 saturated carbocycles. The molecule has 3 aromatic rings. The zero-order valence-corrected chi connectivity index (χ0v) is 17.8. The van der Waals surface area contributed by atoms with Gasteiger partial charge in [0.25, 0.3) is 5.91 Å². The summed E-state index contributed by atoms with van der Waals surface area (Å²) in [6.45, 7) is 12.0. The van der Waals surface area contributed by atoms with Gasteiger partial charge in [-0.25, -0.2) is 0 Å². The van der Waals surface area contributed by atoms with Gasteiger partial charge in [0.1, 0.15) is 5.76 Å². The molecular formula is C21H25ClN4O2. The van der Waals surface area contributed by atoms with Crippen LogP contribution in [0.15, 0.2) is 22.7 Å². The molecule has 0 spiro atoms. The average molecular weight is 401 g/mol. The van der Waals surface area contributed by atoms with Crippen LogP contribution < -0.4 is 5.32 Å². The molecule has 1 N–H and O–H groups in total. The van der Waals surface area contributed by atoms with Crippen molar-refractivity contribution in [2.75, 3.05) is 0 Å². The van der Waals surface area contributed by atoms with Crippen LogP contribution in [0.4, 0.5) is 0 Å². The van der Waals surface area contributed by atoms with E-state index in [4.69, 9.17) is 16.1 Å². The molecule has 2 aromatic heterocycles. The highest BCUT2D eigenvalue weighted by Crippen LogP contribution is 2.23. The Labute approximate surface area is 169 Å². The van der Waals surface area contributed by atoms with Crippen molar-refractivity contribution >= 4 is 17.5 Å². The molecule has 0 bridgehead atoms. The fraction of sp³-hybridized carbons (Fsp3) is 0.381. The maximum absolute atomic E-state index is 12.9. The number of carbonyl (C=O) groups excluding carboxylic acids is 1. The summed E-state index contributed by atoms with van der Waals surface area (Å²) >= 11 is 6.24. The maximum Gasteiger partial charge on any atom is 0.274 e. The molecule has 1 unspecified atom stereocenters. The van der Waals surface area contributed by atoms with E-state index in [2.05, 4.69) is 28.6 Å². The number of hydrogen-bond acceptors (Lipinski definition) is 4. The van der Waals surface area contributed by atoms with Crippen LogP contribution in [0.2, 0.25) is 5.02 Å². The lowest BCUT2D eigenvalue weighted by Gasteiger charge is -2.17. The monoisotopic (exact) mass is 400 g/mol. The molecule has 7 heteroatoms. The maximum atomic E-state index is 12.9. The predicted octanol–water partition coefficient (Wildman–Crippen LogP) is 4.61. The van der Waals surface area contributed by atoms with Crippen molar-refractivity contribution in [2.45, 2.75) is 54.1 Å². The van der Waals surface area contributed by atoms with Crippen molar-refractivity contribution < 1.29 is 9.32 Å². The minimum atomic E-state index is -0.271. The number of halogens is 1. The molecule has 2 heterocycles. The first kappa shape index (κ1) is 20.1. The molecule has 0 saturated heterocycles. The molecule has 0 aliphatic carbocycles. The van der Waals surface area contributed by atoms with Gasteiger partial charge in [-0.1, -0.05) is 40.5 Å². The minimum Gasteiger partial charge on any atom is -0.361 e. The van der Waals surface area contributed by atoms with E-state index in [1.54, 1.807) is 11.6 Å². The summed E-state index contributed by atoms with van der Waals surface area (Å²) in [5.74, 6) is 0.319. The first-order chi connectivity index (χ1) is 13.2. The number of aromatic nitrogens is 3. The van der Waals surface area contributed by atoms with Crippen LogP contribution in [0.25, 0.3) is 0 Å². The van der Waals surface area contributed by atoms with Gasteiger partial charge in [-0.05, 0) is 52.7 Å². The van der Waals surface area contributed by atoms with Gasteiger partial charge in [0.05, 0.1) is 29.0 Å². The fourth-order valence-electron chi connectivity index (χ4n) is 3.39. The third kappa shape index (κ3) is 3.83. The van der Waals surface area contributed by atoms with Gasteiger partial charge in [0.2, 0.25) is 0 Å². The smallest absolute Gasteiger partial charge is 0.274 e. The van der Waals surface area contributed by atoms with Crippen LogP contribution in [0.3, 0.4) is 0 Å². The van der Waals surface area contributed by atoms with Crippen LogP contribution in [-0.4, -0.2) is 20.8 Å². The fourth-order valence-corrected chi connectivity index (χ4v) is 3.52. The van der Waals surface area contributed by atoms with Gasteiger partial charge in [0.15, 0.2) is 5.69 Å². The molecule has 0 aliphatic heterocycles. The topological polar surface area (TPSA) is 73.0 Å². The molecule has 1 amide bonds. The Hall–Kier alpha value is -2.60. The van der Waals surface area contributed by atoms with E-state index in [0.29, 0.717) is 22.9 Å². The molecule has 148 valence electrons. The van der Waals surface area contributed by atoms with E-state index in [1.807, 2.05) is 39.8 Å². The Morgan fingerprint density at radius 1 is 1.25 bits per heavy atom. The van der Waals surface area contributed by atoms with Gasteiger partial charge in [-0.2, -0.15) is 5.10 Å². The Morgan fingerprint density at radius 3 is 2.57 bits per heavy atom. The van der Waals surface area contributed by atoms with Crippen molar-refractivity contribution in [3.05, 3.63) is 68.3 Å². The normalized spacial score (nSPS) is 12.2. The zero-order chi connectivity index (χ0) is 20.6. The van der Waals surface area contributed by atoms with E-state index >= 15 is 0 Å². The van der Waals surface area contributed by atoms with Gasteiger partial charge in [0, 0.05) is 5.56 Å². The molecule has 0 aliphatic rings. The Bertz CT molecular complexity index is 1040. The molecule has 1 atom stereocenters. The second kappa shape index (κ2) is 7.80. The molecule has 1 aromatic carbocycles. The Morgan fingerprint density at radius 2 is 1.96 bits per heavy atom. The number of amides is 1. The molecular weight excluding hydrogens is 376 g/mol. The van der Waals surface area contributed by atoms with Crippen LogP contribution in [-0.2, 0) is 6.54 Å². The van der Waals surface area contributed by atoms with E-state index in [1.165, 1.54) is 5.56 Å². The van der Waals surface area contributed by atoms with Crippen LogP contribution in [0.5, 0.6) is 0 Å². The second-order valence-corrected chi connectivity index (χ2v) is 7.64. The summed E-state index contributed by atoms with van der Waals surface area (Å²) in [5, 5.41) is 12.1. The van der Waals surface area contributed by atoms with Gasteiger partial charge in [-0.3, -0.25) is 9.48 Å². The third-order valence-corrected chi connectivity index (χ3v) is 5.59. The second-order valence-electron chi connectivity index (χ2n) is 7.26. The van der Waals surface area contributed by atoms with Crippen LogP contribution >= 0.6 is 11.6 Å². The van der Waals surface area contributed by atoms with Gasteiger partial charge in [-0.15, -0.1) is 0 Å².